The summed E-state index contributed by atoms with van der Waals surface area (Å²) in [5.74, 6) is 5.95. The summed E-state index contributed by atoms with van der Waals surface area (Å²) in [6.07, 6.45) is 14.1. The van der Waals surface area contributed by atoms with Crippen molar-refractivity contribution in [1.29, 1.82) is 0 Å². The van der Waals surface area contributed by atoms with Gasteiger partial charge in [0.25, 0.3) is 0 Å². The van der Waals surface area contributed by atoms with E-state index in [1.807, 2.05) is 84.9 Å². The van der Waals surface area contributed by atoms with Crippen LogP contribution in [-0.2, 0) is 44.8 Å². The molecule has 59 heavy (non-hydrogen) atoms. The molecule has 6 heteroatoms. The summed E-state index contributed by atoms with van der Waals surface area (Å²) in [5, 5.41) is 10.4. The summed E-state index contributed by atoms with van der Waals surface area (Å²) in [5.41, 5.74) is 4.87. The Balaban J connectivity index is 0.000000156. The van der Waals surface area contributed by atoms with E-state index < -0.39 is 15.8 Å². The first-order valence-corrected chi connectivity index (χ1v) is 22.2. The van der Waals surface area contributed by atoms with Crippen LogP contribution in [0.1, 0.15) is 11.1 Å². The van der Waals surface area contributed by atoms with E-state index in [0.717, 1.165) is 55.0 Å². The Morgan fingerprint density at radius 1 is 0.356 bits per heavy atom. The number of benzene rings is 8. The summed E-state index contributed by atoms with van der Waals surface area (Å²) < 4.78 is 11.3. The molecule has 0 spiro atoms. The van der Waals surface area contributed by atoms with Gasteiger partial charge < -0.3 is 21.7 Å². The van der Waals surface area contributed by atoms with Crippen molar-refractivity contribution >= 4 is 80.9 Å². The van der Waals surface area contributed by atoms with Crippen molar-refractivity contribution in [1.82, 2.24) is 0 Å². The number of para-hydroxylation sites is 2. The molecule has 2 nitrogen and oxygen atoms in total. The molecule has 0 unspecified atom stereocenters. The first-order chi connectivity index (χ1) is 28.2. The molecule has 10 rings (SSSR count). The van der Waals surface area contributed by atoms with E-state index in [2.05, 4.69) is 133 Å². The van der Waals surface area contributed by atoms with Gasteiger partial charge in [0.05, 0.1) is 0 Å². The average molecular weight is 1070 g/mol. The van der Waals surface area contributed by atoms with E-state index >= 15 is 0 Å². The summed E-state index contributed by atoms with van der Waals surface area (Å²) in [6.45, 7) is 0. The predicted octanol–water partition coefficient (Wildman–Crippen LogP) is 11.7. The number of fused-ring (bicyclic) bond motifs is 6. The normalized spacial score (nSPS) is 10.4. The molecule has 0 saturated carbocycles. The van der Waals surface area contributed by atoms with Crippen LogP contribution in [0.2, 0.25) is 0 Å². The molecule has 0 aliphatic heterocycles. The third-order valence-electron chi connectivity index (χ3n) is 9.89. The summed E-state index contributed by atoms with van der Waals surface area (Å²) in [7, 11) is -1.69. The molecule has 292 valence electrons. The van der Waals surface area contributed by atoms with Gasteiger partial charge in [-0.1, -0.05) is 133 Å². The number of rotatable bonds is 6. The van der Waals surface area contributed by atoms with Gasteiger partial charge in [0, 0.05) is 21.5 Å². The van der Waals surface area contributed by atoms with Crippen LogP contribution in [0.3, 0.4) is 0 Å². The molecule has 0 amide bonds. The Kier molecular flexibility index (Phi) is 15.6. The van der Waals surface area contributed by atoms with E-state index in [1.165, 1.54) is 27.1 Å². The van der Waals surface area contributed by atoms with Crippen molar-refractivity contribution < 1.29 is 53.6 Å². The maximum atomic E-state index is 7.06. The largest absolute Gasteiger partial charge is 1.00 e. The van der Waals surface area contributed by atoms with Gasteiger partial charge in [0.2, 0.25) is 0 Å². The number of hydrogen-bond acceptors (Lipinski definition) is 2. The number of furan rings is 2. The van der Waals surface area contributed by atoms with Crippen LogP contribution in [0, 0.1) is 24.7 Å². The molecule has 8 aromatic carbocycles. The molecule has 0 bridgehead atoms. The van der Waals surface area contributed by atoms with Crippen molar-refractivity contribution in [2.24, 2.45) is 0 Å². The van der Waals surface area contributed by atoms with Crippen LogP contribution in [-0.4, -0.2) is 5.90 Å². The van der Waals surface area contributed by atoms with Crippen LogP contribution in [0.4, 0.5) is 0 Å². The average Bonchev–Trinajstić information content (AvgIpc) is 3.86. The Labute approximate surface area is 379 Å². The molecule has 0 fully saturated rings. The second-order valence-corrected chi connectivity index (χ2v) is 19.1. The third kappa shape index (κ3) is 10.3. The molecule has 0 aliphatic rings. The van der Waals surface area contributed by atoms with Gasteiger partial charge in [0.1, 0.15) is 59.4 Å². The molecule has 0 radical (unpaired) electrons. The van der Waals surface area contributed by atoms with Gasteiger partial charge in [0.15, 0.2) is 5.90 Å². The van der Waals surface area contributed by atoms with Crippen molar-refractivity contribution in [3.05, 3.63) is 230 Å². The molecule has 0 N–H and O–H groups in total. The maximum absolute atomic E-state index is 7.06. The van der Waals surface area contributed by atoms with Crippen LogP contribution in [0.5, 0.6) is 0 Å². The Bertz CT molecular complexity index is 2690. The standard InChI is InChI=1S/C25H22P2.2C14H7O.Ag.Au/c1-5-13-22(14-6-1)26(23-15-7-2-8-16-23)21-27(24-17-9-3-10-18-24)25-19-11-4-12-20-25;2*1-2-10-7-8-12-11-5-3-4-6-13(11)15-14(12)9-10;;/h1-20H,21H2;2*3-9H;;/q;2*-1;2*+1/p+2. The fraction of sp³-hybridized carbons (Fsp3) is 0.0189. The smallest absolute Gasteiger partial charge is 0.458 e. The zero-order chi connectivity index (χ0) is 38.8. The van der Waals surface area contributed by atoms with Gasteiger partial charge in [-0.2, -0.15) is 0 Å². The molecule has 0 aliphatic carbocycles. The Morgan fingerprint density at radius 2 is 0.644 bits per heavy atom. The molecule has 0 atom stereocenters. The zero-order valence-corrected chi connectivity index (χ0v) is 37.4. The zero-order valence-electron chi connectivity index (χ0n) is 31.8. The van der Waals surface area contributed by atoms with E-state index in [1.54, 1.807) is 0 Å². The van der Waals surface area contributed by atoms with Gasteiger partial charge in [-0.3, -0.25) is 11.8 Å². The van der Waals surface area contributed by atoms with Crippen molar-refractivity contribution in [3.8, 4) is 11.8 Å². The minimum absolute atomic E-state index is 0. The van der Waals surface area contributed by atoms with Crippen LogP contribution in [0.15, 0.2) is 215 Å². The molecular formula is C53H38AgAuO2P2+2. The summed E-state index contributed by atoms with van der Waals surface area (Å²) in [4.78, 5) is 0. The first kappa shape index (κ1) is 43.4. The fourth-order valence-electron chi connectivity index (χ4n) is 7.08. The van der Waals surface area contributed by atoms with Gasteiger partial charge >= 0.3 is 44.8 Å². The van der Waals surface area contributed by atoms with Crippen LogP contribution < -0.4 is 21.2 Å². The third-order valence-corrected chi connectivity index (χ3v) is 16.8. The fourth-order valence-corrected chi connectivity index (χ4v) is 14.8. The van der Waals surface area contributed by atoms with E-state index in [0.29, 0.717) is 0 Å². The van der Waals surface area contributed by atoms with Crippen molar-refractivity contribution in [2.45, 2.75) is 0 Å². The molecule has 0 saturated heterocycles. The topological polar surface area (TPSA) is 26.3 Å². The molecule has 2 aromatic heterocycles. The molecule has 2 heterocycles. The number of hydrogen-bond donors (Lipinski definition) is 0. The quantitative estimate of drug-likeness (QED) is 0.0718. The van der Waals surface area contributed by atoms with Crippen LogP contribution >= 0.6 is 15.8 Å². The van der Waals surface area contributed by atoms with Crippen molar-refractivity contribution in [3.63, 3.8) is 0 Å². The maximum Gasteiger partial charge on any atom is 1.00 e. The molecular weight excluding hydrogens is 1040 g/mol. The van der Waals surface area contributed by atoms with Gasteiger partial charge in [-0.15, -0.1) is 23.3 Å². The van der Waals surface area contributed by atoms with E-state index in [-0.39, 0.29) is 44.8 Å². The summed E-state index contributed by atoms with van der Waals surface area (Å²) >= 11 is 0. The second kappa shape index (κ2) is 21.2. The minimum atomic E-state index is -0.847. The Morgan fingerprint density at radius 3 is 0.966 bits per heavy atom. The minimum Gasteiger partial charge on any atom is -0.458 e. The van der Waals surface area contributed by atoms with E-state index in [9.17, 15) is 0 Å². The predicted molar refractivity (Wildman–Crippen MR) is 246 cm³/mol. The SMILES string of the molecule is [Ag+].[Au+].[C-]#Cc1ccc2c(c1)oc1ccccc12.[C-]#Cc1ccc2c(c1)oc1ccccc12.c1ccc([PH+](C[PH+](c2ccccc2)c2ccccc2)c2ccccc2)cc1. The first-order valence-electron chi connectivity index (χ1n) is 18.8. The van der Waals surface area contributed by atoms with Gasteiger partial charge in [-0.05, 0) is 60.7 Å². The second-order valence-electron chi connectivity index (χ2n) is 13.5. The Hall–Kier alpha value is -5.18. The monoisotopic (exact) mass is 1070 g/mol. The van der Waals surface area contributed by atoms with E-state index in [4.69, 9.17) is 21.7 Å². The van der Waals surface area contributed by atoms with Gasteiger partial charge in [-0.25, -0.2) is 0 Å². The van der Waals surface area contributed by atoms with Crippen LogP contribution in [0.25, 0.3) is 43.9 Å². The summed E-state index contributed by atoms with van der Waals surface area (Å²) in [6, 6.07) is 71.7. The van der Waals surface area contributed by atoms with Crippen molar-refractivity contribution in [2.75, 3.05) is 5.90 Å². The molecule has 10 aromatic rings.